The Bertz CT molecular complexity index is 877. The Morgan fingerprint density at radius 3 is 2.73 bits per heavy atom. The van der Waals surface area contributed by atoms with E-state index in [-0.39, 0.29) is 24.6 Å². The monoisotopic (exact) mass is 411 g/mol. The van der Waals surface area contributed by atoms with Crippen LogP contribution in [0.2, 0.25) is 0 Å². The van der Waals surface area contributed by atoms with Crippen LogP contribution >= 0.6 is 0 Å². The molecule has 1 unspecified atom stereocenters. The summed E-state index contributed by atoms with van der Waals surface area (Å²) in [5.74, 6) is 1.13. The number of hydrogen-bond donors (Lipinski definition) is 0. The lowest BCUT2D eigenvalue weighted by atomic mass is 10.1. The van der Waals surface area contributed by atoms with Gasteiger partial charge in [0.25, 0.3) is 0 Å². The second-order valence-electron chi connectivity index (χ2n) is 7.34. The Balaban J connectivity index is 1.32. The highest BCUT2D eigenvalue weighted by Gasteiger charge is 2.33. The van der Waals surface area contributed by atoms with Gasteiger partial charge < -0.3 is 19.3 Å². The lowest BCUT2D eigenvalue weighted by molar-refractivity contribution is -0.134. The van der Waals surface area contributed by atoms with Crippen molar-refractivity contribution in [2.24, 2.45) is 0 Å². The normalized spacial score (nSPS) is 19.2. The Morgan fingerprint density at radius 2 is 2.00 bits per heavy atom. The number of hydrogen-bond acceptors (Lipinski definition) is 6. The van der Waals surface area contributed by atoms with Gasteiger partial charge in [-0.3, -0.25) is 9.69 Å². The van der Waals surface area contributed by atoms with Crippen LogP contribution in [0, 0.1) is 0 Å². The van der Waals surface area contributed by atoms with Gasteiger partial charge in [-0.25, -0.2) is 4.79 Å². The van der Waals surface area contributed by atoms with Gasteiger partial charge in [0.15, 0.2) is 0 Å². The Kier molecular flexibility index (Phi) is 5.97. The molecule has 0 radical (unpaired) electrons. The third-order valence-electron chi connectivity index (χ3n) is 5.37. The van der Waals surface area contributed by atoms with Crippen LogP contribution in [0.3, 0.4) is 0 Å². The van der Waals surface area contributed by atoms with Crippen molar-refractivity contribution in [1.82, 2.24) is 20.0 Å². The highest BCUT2D eigenvalue weighted by atomic mass is 16.5. The highest BCUT2D eigenvalue weighted by molar-refractivity contribution is 5.96. The lowest BCUT2D eigenvalue weighted by Gasteiger charge is -2.33. The molecule has 2 saturated heterocycles. The molecule has 1 aromatic carbocycles. The van der Waals surface area contributed by atoms with Crippen LogP contribution in [0.1, 0.15) is 12.8 Å². The zero-order valence-electron chi connectivity index (χ0n) is 16.9. The van der Waals surface area contributed by atoms with Gasteiger partial charge in [-0.1, -0.05) is 0 Å². The number of ether oxygens (including phenoxy) is 2. The van der Waals surface area contributed by atoms with Gasteiger partial charge in [-0.15, -0.1) is 5.10 Å². The first-order chi connectivity index (χ1) is 14.6. The van der Waals surface area contributed by atoms with Crippen molar-refractivity contribution >= 4 is 17.6 Å². The van der Waals surface area contributed by atoms with Crippen molar-refractivity contribution in [1.29, 1.82) is 0 Å². The predicted octanol–water partition coefficient (Wildman–Crippen LogP) is 1.80. The van der Waals surface area contributed by atoms with E-state index in [2.05, 4.69) is 10.2 Å². The van der Waals surface area contributed by atoms with E-state index in [9.17, 15) is 9.59 Å². The SMILES string of the molecule is COc1ccc(N2CCN(CC(=O)N3CCCC(Oc4cccnn4)C3)C2=O)cc1. The fourth-order valence-corrected chi connectivity index (χ4v) is 3.78. The minimum atomic E-state index is -0.155. The molecule has 3 amide bonds. The molecular weight excluding hydrogens is 386 g/mol. The third-order valence-corrected chi connectivity index (χ3v) is 5.37. The summed E-state index contributed by atoms with van der Waals surface area (Å²) in [7, 11) is 1.60. The molecule has 30 heavy (non-hydrogen) atoms. The summed E-state index contributed by atoms with van der Waals surface area (Å²) in [6.45, 7) is 2.30. The van der Waals surface area contributed by atoms with E-state index in [0.29, 0.717) is 32.1 Å². The molecule has 0 saturated carbocycles. The van der Waals surface area contributed by atoms with E-state index in [1.54, 1.807) is 40.1 Å². The lowest BCUT2D eigenvalue weighted by Crippen LogP contribution is -2.48. The fourth-order valence-electron chi connectivity index (χ4n) is 3.78. The molecule has 1 atom stereocenters. The van der Waals surface area contributed by atoms with Gasteiger partial charge in [-0.2, -0.15) is 5.10 Å². The number of piperidine rings is 1. The van der Waals surface area contributed by atoms with Crippen LogP contribution in [0.5, 0.6) is 11.6 Å². The molecule has 9 heteroatoms. The number of methoxy groups -OCH3 is 1. The Hall–Kier alpha value is -3.36. The first-order valence-electron chi connectivity index (χ1n) is 10.1. The van der Waals surface area contributed by atoms with Crippen LogP contribution in [-0.4, -0.2) is 77.9 Å². The second kappa shape index (κ2) is 8.98. The van der Waals surface area contributed by atoms with Crippen molar-refractivity contribution in [2.45, 2.75) is 18.9 Å². The maximum absolute atomic E-state index is 12.8. The first kappa shape index (κ1) is 19.9. The molecule has 9 nitrogen and oxygen atoms in total. The number of carbonyl (C=O) groups is 2. The molecule has 0 bridgehead atoms. The summed E-state index contributed by atoms with van der Waals surface area (Å²) < 4.78 is 11.0. The average Bonchev–Trinajstić information content (AvgIpc) is 3.14. The molecule has 0 aliphatic carbocycles. The summed E-state index contributed by atoms with van der Waals surface area (Å²) in [6, 6.07) is 10.7. The molecule has 0 N–H and O–H groups in total. The van der Waals surface area contributed by atoms with Crippen molar-refractivity contribution in [3.05, 3.63) is 42.6 Å². The number of urea groups is 1. The molecule has 1 aromatic heterocycles. The summed E-state index contributed by atoms with van der Waals surface area (Å²) in [5.41, 5.74) is 0.797. The van der Waals surface area contributed by atoms with Crippen LogP contribution in [0.25, 0.3) is 0 Å². The maximum atomic E-state index is 12.8. The molecule has 2 aliphatic heterocycles. The summed E-state index contributed by atoms with van der Waals surface area (Å²) in [5, 5.41) is 7.75. The molecular formula is C21H25N5O4. The summed E-state index contributed by atoms with van der Waals surface area (Å²) in [6.07, 6.45) is 3.17. The number of amides is 3. The zero-order valence-corrected chi connectivity index (χ0v) is 16.9. The van der Waals surface area contributed by atoms with E-state index in [4.69, 9.17) is 9.47 Å². The van der Waals surface area contributed by atoms with Crippen LogP contribution < -0.4 is 14.4 Å². The number of nitrogens with zero attached hydrogens (tertiary/aromatic N) is 5. The van der Waals surface area contributed by atoms with E-state index >= 15 is 0 Å². The Labute approximate surface area is 175 Å². The quantitative estimate of drug-likeness (QED) is 0.720. The number of benzene rings is 1. The smallest absolute Gasteiger partial charge is 0.325 e. The Morgan fingerprint density at radius 1 is 1.17 bits per heavy atom. The molecule has 2 aromatic rings. The van der Waals surface area contributed by atoms with Crippen LogP contribution in [0.4, 0.5) is 10.5 Å². The number of carbonyl (C=O) groups excluding carboxylic acids is 2. The number of anilines is 1. The molecule has 2 aliphatic rings. The van der Waals surface area contributed by atoms with Gasteiger partial charge >= 0.3 is 6.03 Å². The van der Waals surface area contributed by atoms with Gasteiger partial charge in [0.05, 0.1) is 13.7 Å². The molecule has 2 fully saturated rings. The molecule has 4 rings (SSSR count). The minimum absolute atomic E-state index is 0.0626. The van der Waals surface area contributed by atoms with E-state index in [1.165, 1.54) is 0 Å². The van der Waals surface area contributed by atoms with Crippen molar-refractivity contribution in [2.75, 3.05) is 44.7 Å². The molecule has 158 valence electrons. The van der Waals surface area contributed by atoms with Gasteiger partial charge in [0.2, 0.25) is 11.8 Å². The largest absolute Gasteiger partial charge is 0.497 e. The first-order valence-corrected chi connectivity index (χ1v) is 10.1. The summed E-state index contributed by atoms with van der Waals surface area (Å²) >= 11 is 0. The molecule has 0 spiro atoms. The van der Waals surface area contributed by atoms with Crippen molar-refractivity contribution < 1.29 is 19.1 Å². The highest BCUT2D eigenvalue weighted by Crippen LogP contribution is 2.23. The average molecular weight is 411 g/mol. The topological polar surface area (TPSA) is 88.1 Å². The standard InChI is InChI=1S/C21H25N5O4/c1-29-17-8-6-16(7-9-17)26-13-12-25(21(26)28)15-20(27)24-11-3-4-18(14-24)30-19-5-2-10-22-23-19/h2,5-10,18H,3-4,11-15H2,1H3. The van der Waals surface area contributed by atoms with Crippen molar-refractivity contribution in [3.63, 3.8) is 0 Å². The fraction of sp³-hybridized carbons (Fsp3) is 0.429. The maximum Gasteiger partial charge on any atom is 0.325 e. The predicted molar refractivity (Wildman–Crippen MR) is 110 cm³/mol. The summed E-state index contributed by atoms with van der Waals surface area (Å²) in [4.78, 5) is 30.7. The minimum Gasteiger partial charge on any atom is -0.497 e. The van der Waals surface area contributed by atoms with Crippen molar-refractivity contribution in [3.8, 4) is 11.6 Å². The van der Waals surface area contributed by atoms with E-state index < -0.39 is 0 Å². The second-order valence-corrected chi connectivity index (χ2v) is 7.34. The van der Waals surface area contributed by atoms with E-state index in [1.807, 2.05) is 24.3 Å². The van der Waals surface area contributed by atoms with E-state index in [0.717, 1.165) is 24.3 Å². The van der Waals surface area contributed by atoms with Gasteiger partial charge in [-0.05, 0) is 43.2 Å². The van der Waals surface area contributed by atoms with Gasteiger partial charge in [0.1, 0.15) is 18.4 Å². The molecule has 3 heterocycles. The zero-order chi connectivity index (χ0) is 20.9. The van der Waals surface area contributed by atoms with Gasteiger partial charge in [0, 0.05) is 37.6 Å². The number of aromatic nitrogens is 2. The number of likely N-dealkylation sites (tertiary alicyclic amines) is 1. The third kappa shape index (κ3) is 4.45. The van der Waals surface area contributed by atoms with Crippen LogP contribution in [0.15, 0.2) is 42.6 Å². The van der Waals surface area contributed by atoms with Crippen LogP contribution in [-0.2, 0) is 4.79 Å². The number of rotatable bonds is 6.